The van der Waals surface area contributed by atoms with Crippen molar-refractivity contribution in [2.24, 2.45) is 0 Å². The van der Waals surface area contributed by atoms with Crippen LogP contribution in [0.1, 0.15) is 34.6 Å². The van der Waals surface area contributed by atoms with Crippen molar-refractivity contribution < 1.29 is 9.53 Å². The summed E-state index contributed by atoms with van der Waals surface area (Å²) in [6.07, 6.45) is 1.56. The van der Waals surface area contributed by atoms with E-state index in [0.29, 0.717) is 5.56 Å². The smallest absolute Gasteiger partial charge is 0.340 e. The molecule has 0 amide bonds. The van der Waals surface area contributed by atoms with E-state index in [0.717, 1.165) is 11.3 Å². The molecule has 0 spiro atoms. The van der Waals surface area contributed by atoms with Gasteiger partial charge in [0.25, 0.3) is 0 Å². The van der Waals surface area contributed by atoms with Gasteiger partial charge in [-0.15, -0.1) is 0 Å². The van der Waals surface area contributed by atoms with Crippen LogP contribution in [0.4, 0.5) is 0 Å². The van der Waals surface area contributed by atoms with E-state index in [9.17, 15) is 4.79 Å². The molecule has 2 heterocycles. The summed E-state index contributed by atoms with van der Waals surface area (Å²) < 4.78 is 4.99. The standard InChI is InChI=1S/C9H9NO2/c1-5-3-7-8(10-4-5)6(2)12-9(7)11/h3-4,6H,1-2H3. The summed E-state index contributed by atoms with van der Waals surface area (Å²) in [5.74, 6) is -0.256. The predicted octanol–water partition coefficient (Wildman–Crippen LogP) is 1.62. The second-order valence-corrected chi connectivity index (χ2v) is 2.99. The molecule has 0 fully saturated rings. The van der Waals surface area contributed by atoms with E-state index in [4.69, 9.17) is 4.74 Å². The Balaban J connectivity index is 2.60. The molecule has 0 aromatic carbocycles. The summed E-state index contributed by atoms with van der Waals surface area (Å²) in [6, 6.07) is 1.81. The van der Waals surface area contributed by atoms with Crippen LogP contribution in [-0.2, 0) is 4.74 Å². The Bertz CT molecular complexity index is 346. The van der Waals surface area contributed by atoms with Crippen LogP contribution in [0.2, 0.25) is 0 Å². The minimum atomic E-state index is -0.256. The summed E-state index contributed by atoms with van der Waals surface area (Å²) in [5, 5.41) is 0. The lowest BCUT2D eigenvalue weighted by Crippen LogP contribution is -1.94. The molecule has 0 saturated carbocycles. The predicted molar refractivity (Wildman–Crippen MR) is 42.8 cm³/mol. The van der Waals surface area contributed by atoms with Crippen LogP contribution in [0.3, 0.4) is 0 Å². The SMILES string of the molecule is Cc1cnc2c(c1)C(=O)OC2C. The molecule has 1 atom stereocenters. The highest BCUT2D eigenvalue weighted by Gasteiger charge is 2.28. The third kappa shape index (κ3) is 0.897. The van der Waals surface area contributed by atoms with Crippen molar-refractivity contribution in [2.75, 3.05) is 0 Å². The molecule has 1 unspecified atom stereocenters. The zero-order chi connectivity index (χ0) is 8.72. The number of pyridine rings is 1. The van der Waals surface area contributed by atoms with Crippen molar-refractivity contribution in [3.05, 3.63) is 29.1 Å². The summed E-state index contributed by atoms with van der Waals surface area (Å²) in [5.41, 5.74) is 2.35. The summed E-state index contributed by atoms with van der Waals surface area (Å²) >= 11 is 0. The van der Waals surface area contributed by atoms with Crippen LogP contribution in [0.15, 0.2) is 12.3 Å². The third-order valence-electron chi connectivity index (χ3n) is 1.94. The fourth-order valence-corrected chi connectivity index (χ4v) is 1.35. The normalized spacial score (nSPS) is 20.5. The van der Waals surface area contributed by atoms with E-state index in [2.05, 4.69) is 4.98 Å². The van der Waals surface area contributed by atoms with Crippen molar-refractivity contribution in [3.63, 3.8) is 0 Å². The number of aryl methyl sites for hydroxylation is 1. The summed E-state index contributed by atoms with van der Waals surface area (Å²) in [7, 11) is 0. The maximum absolute atomic E-state index is 11.2. The molecule has 0 aliphatic carbocycles. The highest BCUT2D eigenvalue weighted by molar-refractivity contribution is 5.93. The molecule has 1 aliphatic rings. The highest BCUT2D eigenvalue weighted by Crippen LogP contribution is 2.28. The second-order valence-electron chi connectivity index (χ2n) is 2.99. The lowest BCUT2D eigenvalue weighted by molar-refractivity contribution is 0.0418. The van der Waals surface area contributed by atoms with Crippen LogP contribution >= 0.6 is 0 Å². The van der Waals surface area contributed by atoms with Crippen LogP contribution in [-0.4, -0.2) is 11.0 Å². The number of fused-ring (bicyclic) bond motifs is 1. The Kier molecular flexibility index (Phi) is 1.40. The molecule has 0 N–H and O–H groups in total. The molecule has 12 heavy (non-hydrogen) atoms. The molecule has 2 rings (SSSR count). The van der Waals surface area contributed by atoms with Crippen molar-refractivity contribution in [3.8, 4) is 0 Å². The fraction of sp³-hybridized carbons (Fsp3) is 0.333. The Morgan fingerprint density at radius 3 is 3.08 bits per heavy atom. The van der Waals surface area contributed by atoms with Crippen molar-refractivity contribution in [2.45, 2.75) is 20.0 Å². The van der Waals surface area contributed by atoms with E-state index in [1.165, 1.54) is 0 Å². The molecule has 1 aromatic heterocycles. The first-order valence-corrected chi connectivity index (χ1v) is 3.86. The maximum atomic E-state index is 11.2. The monoisotopic (exact) mass is 163 g/mol. The van der Waals surface area contributed by atoms with E-state index in [1.54, 1.807) is 6.20 Å². The van der Waals surface area contributed by atoms with Gasteiger partial charge in [-0.25, -0.2) is 4.79 Å². The lowest BCUT2D eigenvalue weighted by atomic mass is 10.1. The Morgan fingerprint density at radius 2 is 2.33 bits per heavy atom. The van der Waals surface area contributed by atoms with Crippen LogP contribution in [0, 0.1) is 6.92 Å². The molecule has 1 aliphatic heterocycles. The third-order valence-corrected chi connectivity index (χ3v) is 1.94. The molecule has 1 aromatic rings. The van der Waals surface area contributed by atoms with Gasteiger partial charge in [0.2, 0.25) is 0 Å². The number of cyclic esters (lactones) is 1. The average molecular weight is 163 g/mol. The van der Waals surface area contributed by atoms with Crippen LogP contribution < -0.4 is 0 Å². The van der Waals surface area contributed by atoms with Crippen molar-refractivity contribution >= 4 is 5.97 Å². The minimum Gasteiger partial charge on any atom is -0.452 e. The summed E-state index contributed by atoms with van der Waals surface area (Å²) in [4.78, 5) is 15.3. The van der Waals surface area contributed by atoms with E-state index in [1.807, 2.05) is 19.9 Å². The first kappa shape index (κ1) is 7.28. The molecule has 0 saturated heterocycles. The van der Waals surface area contributed by atoms with Gasteiger partial charge in [0, 0.05) is 6.20 Å². The Labute approximate surface area is 70.4 Å². The molecular formula is C9H9NO2. The molecule has 62 valence electrons. The maximum Gasteiger partial charge on any atom is 0.340 e. The topological polar surface area (TPSA) is 39.2 Å². The molecule has 3 nitrogen and oxygen atoms in total. The number of rotatable bonds is 0. The van der Waals surface area contributed by atoms with E-state index in [-0.39, 0.29) is 12.1 Å². The molecule has 3 heteroatoms. The van der Waals surface area contributed by atoms with Gasteiger partial charge >= 0.3 is 5.97 Å². The van der Waals surface area contributed by atoms with Gasteiger partial charge in [0.15, 0.2) is 0 Å². The minimum absolute atomic E-state index is 0.187. The number of esters is 1. The van der Waals surface area contributed by atoms with Gasteiger partial charge in [-0.2, -0.15) is 0 Å². The zero-order valence-corrected chi connectivity index (χ0v) is 7.00. The number of carbonyl (C=O) groups excluding carboxylic acids is 1. The Morgan fingerprint density at radius 1 is 1.58 bits per heavy atom. The Hall–Kier alpha value is -1.38. The quantitative estimate of drug-likeness (QED) is 0.545. The van der Waals surface area contributed by atoms with E-state index < -0.39 is 0 Å². The van der Waals surface area contributed by atoms with Crippen molar-refractivity contribution in [1.82, 2.24) is 4.98 Å². The number of ether oxygens (including phenoxy) is 1. The zero-order valence-electron chi connectivity index (χ0n) is 7.00. The number of aromatic nitrogens is 1. The van der Waals surface area contributed by atoms with E-state index >= 15 is 0 Å². The van der Waals surface area contributed by atoms with Gasteiger partial charge in [-0.1, -0.05) is 0 Å². The number of carbonyl (C=O) groups is 1. The van der Waals surface area contributed by atoms with Crippen molar-refractivity contribution in [1.29, 1.82) is 0 Å². The van der Waals surface area contributed by atoms with Gasteiger partial charge in [0.05, 0.1) is 11.3 Å². The molecular weight excluding hydrogens is 154 g/mol. The number of hydrogen-bond acceptors (Lipinski definition) is 3. The lowest BCUT2D eigenvalue weighted by Gasteiger charge is -1.99. The molecule has 0 bridgehead atoms. The van der Waals surface area contributed by atoms with Gasteiger partial charge in [-0.05, 0) is 25.5 Å². The summed E-state index contributed by atoms with van der Waals surface area (Å²) in [6.45, 7) is 3.73. The van der Waals surface area contributed by atoms with Gasteiger partial charge < -0.3 is 4.74 Å². The largest absolute Gasteiger partial charge is 0.452 e. The van der Waals surface area contributed by atoms with Gasteiger partial charge in [-0.3, -0.25) is 4.98 Å². The fourth-order valence-electron chi connectivity index (χ4n) is 1.35. The number of nitrogens with zero attached hydrogens (tertiary/aromatic N) is 1. The highest BCUT2D eigenvalue weighted by atomic mass is 16.5. The van der Waals surface area contributed by atoms with Crippen LogP contribution in [0.5, 0.6) is 0 Å². The van der Waals surface area contributed by atoms with Crippen LogP contribution in [0.25, 0.3) is 0 Å². The molecule has 0 radical (unpaired) electrons. The number of hydrogen-bond donors (Lipinski definition) is 0. The van der Waals surface area contributed by atoms with Gasteiger partial charge in [0.1, 0.15) is 6.10 Å². The first-order chi connectivity index (χ1) is 5.68. The first-order valence-electron chi connectivity index (χ1n) is 3.86. The average Bonchev–Trinajstić information content (AvgIpc) is 2.28. The second kappa shape index (κ2) is 2.30.